The largest absolute Gasteiger partial charge is 1.00 e. The third kappa shape index (κ3) is 10.3. The van der Waals surface area contributed by atoms with E-state index in [1.807, 2.05) is 0 Å². The zero-order chi connectivity index (χ0) is 34.6. The van der Waals surface area contributed by atoms with Gasteiger partial charge in [-0.2, -0.15) is 48.5 Å². The summed E-state index contributed by atoms with van der Waals surface area (Å²) in [5, 5.41) is 3.52. The molecule has 0 saturated carbocycles. The molecule has 240 valence electrons. The molecule has 1 N–H and O–H groups in total. The molecule has 0 fully saturated rings. The van der Waals surface area contributed by atoms with Crippen molar-refractivity contribution in [3.05, 3.63) is 124 Å². The molecule has 0 aliphatic heterocycles. The molecule has 6 rings (SSSR count). The standard InChI is InChI=1S/C30H18N2O6S.3Na.2O3S/c1-32-23-16-15-22(31-18-11-13-19(14-12-18)39(36,37)38)25-26(23)24(20-9-5-6-10-21(20)29(25)34)27(30(32)35)28(33)17-7-3-2-4-8-17;;;;2*1-4(2)3/h2-3,5-11,13-16,31H,1H3,(H,36,37,38);;;;;/q-2;3*+1;;/p-1. The molecule has 1 aliphatic rings. The van der Waals surface area contributed by atoms with Gasteiger partial charge in [0.05, 0.1) is 26.8 Å². The van der Waals surface area contributed by atoms with Crippen LogP contribution in [0.1, 0.15) is 31.8 Å². The zero-order valence-electron chi connectivity index (χ0n) is 26.6. The number of nitrogens with zero attached hydrogens (tertiary/aromatic N) is 1. The molecule has 5 aromatic rings. The van der Waals surface area contributed by atoms with E-state index in [0.29, 0.717) is 44.5 Å². The van der Waals surface area contributed by atoms with Crippen molar-refractivity contribution in [2.75, 3.05) is 5.32 Å². The summed E-state index contributed by atoms with van der Waals surface area (Å²) >= 11 is 0. The molecular formula is C30H17N2Na3O12S3. The first-order chi connectivity index (χ1) is 22.1. The van der Waals surface area contributed by atoms with E-state index in [2.05, 4.69) is 17.4 Å². The van der Waals surface area contributed by atoms with Crippen LogP contribution in [0.15, 0.2) is 88.6 Å². The molecule has 0 amide bonds. The van der Waals surface area contributed by atoms with E-state index in [1.165, 1.54) is 16.7 Å². The van der Waals surface area contributed by atoms with Crippen molar-refractivity contribution < 1.29 is 136 Å². The molecule has 1 heterocycles. The monoisotopic (exact) mass is 762 g/mol. The SMILES string of the molecule is Cn1c(=O)c(C(=O)c2c[c-]ccc2)c2c3c(c(Nc4[c-]cc(S(=O)(=O)[O-])cc4)ccc31)C(=O)c1ccccc1-2.O=S(=O)=O.O=S(=O)=O.[Na+].[Na+].[Na+]. The molecule has 50 heavy (non-hydrogen) atoms. The van der Waals surface area contributed by atoms with Crippen molar-refractivity contribution in [2.24, 2.45) is 7.05 Å². The van der Waals surface area contributed by atoms with Gasteiger partial charge in [0, 0.05) is 29.2 Å². The molecule has 0 bridgehead atoms. The van der Waals surface area contributed by atoms with Gasteiger partial charge in [0.15, 0.2) is 5.78 Å². The van der Waals surface area contributed by atoms with E-state index in [-0.39, 0.29) is 106 Å². The van der Waals surface area contributed by atoms with Crippen LogP contribution < -0.4 is 99.5 Å². The second-order valence-corrected chi connectivity index (χ2v) is 11.6. The molecular weight excluding hydrogens is 746 g/mol. The Kier molecular flexibility index (Phi) is 17.5. The van der Waals surface area contributed by atoms with E-state index in [0.717, 1.165) is 12.1 Å². The summed E-state index contributed by atoms with van der Waals surface area (Å²) in [6, 6.07) is 25.7. The molecule has 14 nitrogen and oxygen atoms in total. The maximum absolute atomic E-state index is 13.9. The Morgan fingerprint density at radius 3 is 1.92 bits per heavy atom. The first kappa shape index (κ1) is 45.4. The summed E-state index contributed by atoms with van der Waals surface area (Å²) in [5.41, 5.74) is 2.31. The predicted octanol–water partition coefficient (Wildman–Crippen LogP) is -6.77. The van der Waals surface area contributed by atoms with Gasteiger partial charge in [0.2, 0.25) is 0 Å². The van der Waals surface area contributed by atoms with Gasteiger partial charge in [-0.1, -0.05) is 40.4 Å². The minimum atomic E-state index is -4.65. The Morgan fingerprint density at radius 1 is 0.800 bits per heavy atom. The molecule has 0 unspecified atom stereocenters. The quantitative estimate of drug-likeness (QED) is 0.0747. The fraction of sp³-hybridized carbons (Fsp3) is 0.0333. The molecule has 0 spiro atoms. The van der Waals surface area contributed by atoms with E-state index in [9.17, 15) is 27.4 Å². The summed E-state index contributed by atoms with van der Waals surface area (Å²) in [6.45, 7) is 0. The van der Waals surface area contributed by atoms with Crippen molar-refractivity contribution in [3.8, 4) is 11.1 Å². The van der Waals surface area contributed by atoms with Crippen LogP contribution in [0.25, 0.3) is 22.0 Å². The topological polar surface area (TPSA) is 228 Å². The summed E-state index contributed by atoms with van der Waals surface area (Å²) in [5.74, 6) is -0.796. The van der Waals surface area contributed by atoms with Gasteiger partial charge in [-0.25, -0.2) is 0 Å². The minimum absolute atomic E-state index is 0. The molecule has 0 saturated heterocycles. The van der Waals surface area contributed by atoms with Gasteiger partial charge >= 0.3 is 110 Å². The van der Waals surface area contributed by atoms with Crippen LogP contribution in [-0.4, -0.2) is 54.4 Å². The first-order valence-electron chi connectivity index (χ1n) is 12.8. The Hall–Kier alpha value is -2.62. The fourth-order valence-electron chi connectivity index (χ4n) is 4.95. The number of anilines is 2. The van der Waals surface area contributed by atoms with Gasteiger partial charge in [0.25, 0.3) is 5.56 Å². The van der Waals surface area contributed by atoms with Crippen molar-refractivity contribution in [2.45, 2.75) is 4.90 Å². The summed E-state index contributed by atoms with van der Waals surface area (Å²) < 4.78 is 85.9. The Bertz CT molecular complexity index is 2450. The predicted molar refractivity (Wildman–Crippen MR) is 163 cm³/mol. The molecule has 4 aromatic carbocycles. The number of rotatable bonds is 5. The molecule has 0 radical (unpaired) electrons. The number of pyridine rings is 1. The molecule has 1 aromatic heterocycles. The third-order valence-electron chi connectivity index (χ3n) is 6.77. The van der Waals surface area contributed by atoms with Crippen LogP contribution in [0.4, 0.5) is 11.4 Å². The molecule has 0 atom stereocenters. The van der Waals surface area contributed by atoms with Gasteiger partial charge in [-0.3, -0.25) is 18.0 Å². The van der Waals surface area contributed by atoms with E-state index in [4.69, 9.17) is 25.3 Å². The minimum Gasteiger partial charge on any atom is -0.754 e. The van der Waals surface area contributed by atoms with E-state index < -0.39 is 47.6 Å². The van der Waals surface area contributed by atoms with Crippen molar-refractivity contribution in [3.63, 3.8) is 0 Å². The van der Waals surface area contributed by atoms with Crippen LogP contribution in [0.3, 0.4) is 0 Å². The third-order valence-corrected chi connectivity index (χ3v) is 7.60. The van der Waals surface area contributed by atoms with Crippen molar-refractivity contribution >= 4 is 65.2 Å². The summed E-state index contributed by atoms with van der Waals surface area (Å²) in [7, 11) is -9.32. The number of hydrogen-bond donors (Lipinski definition) is 1. The number of carbonyl (C=O) groups is 2. The van der Waals surface area contributed by atoms with Crippen LogP contribution in [0, 0.1) is 12.1 Å². The Labute approximate surface area is 354 Å². The average Bonchev–Trinajstić information content (AvgIpc) is 3.01. The van der Waals surface area contributed by atoms with Gasteiger partial charge < -0.3 is 19.2 Å². The normalized spacial score (nSPS) is 10.6. The number of nitrogens with one attached hydrogen (secondary N) is 1. The smallest absolute Gasteiger partial charge is 0.754 e. The van der Waals surface area contributed by atoms with Crippen LogP contribution in [0.5, 0.6) is 0 Å². The average molecular weight is 763 g/mol. The second kappa shape index (κ2) is 19.3. The van der Waals surface area contributed by atoms with Crippen LogP contribution in [0.2, 0.25) is 0 Å². The number of hydrogen-bond acceptors (Lipinski definition) is 13. The van der Waals surface area contributed by atoms with Crippen molar-refractivity contribution in [1.29, 1.82) is 0 Å². The van der Waals surface area contributed by atoms with Gasteiger partial charge in [-0.05, 0) is 17.7 Å². The van der Waals surface area contributed by atoms with Gasteiger partial charge in [-0.15, -0.1) is 31.3 Å². The summed E-state index contributed by atoms with van der Waals surface area (Å²) in [6.07, 6.45) is 0. The Balaban J connectivity index is 0.00000103. The van der Waals surface area contributed by atoms with Crippen LogP contribution in [-0.2, 0) is 38.4 Å². The number of carbonyl (C=O) groups excluding carboxylic acids is 2. The molecule has 20 heteroatoms. The number of aromatic nitrogens is 1. The number of aryl methyl sites for hydroxylation is 1. The fourth-order valence-corrected chi connectivity index (χ4v) is 5.39. The van der Waals surface area contributed by atoms with E-state index >= 15 is 0 Å². The van der Waals surface area contributed by atoms with Gasteiger partial charge in [0.1, 0.15) is 5.78 Å². The maximum Gasteiger partial charge on any atom is 1.00 e. The number of fused-ring (bicyclic) bond motifs is 2. The Morgan fingerprint density at radius 2 is 1.40 bits per heavy atom. The number of benzene rings is 4. The maximum atomic E-state index is 13.9. The summed E-state index contributed by atoms with van der Waals surface area (Å²) in [4.78, 5) is 40.8. The number of ketones is 2. The van der Waals surface area contributed by atoms with Crippen molar-refractivity contribution in [1.82, 2.24) is 4.57 Å². The van der Waals surface area contributed by atoms with Crippen LogP contribution >= 0.6 is 0 Å². The second-order valence-electron chi connectivity index (χ2n) is 9.42. The zero-order valence-corrected chi connectivity index (χ0v) is 35.0. The molecule has 1 aliphatic carbocycles. The first-order valence-corrected chi connectivity index (χ1v) is 16.2. The van der Waals surface area contributed by atoms with E-state index in [1.54, 1.807) is 61.6 Å².